The van der Waals surface area contributed by atoms with Gasteiger partial charge in [0.25, 0.3) is 11.9 Å². The van der Waals surface area contributed by atoms with E-state index in [0.29, 0.717) is 28.2 Å². The van der Waals surface area contributed by atoms with Crippen molar-refractivity contribution in [3.63, 3.8) is 0 Å². The molecule has 2 fully saturated rings. The zero-order valence-corrected chi connectivity index (χ0v) is 21.6. The third kappa shape index (κ3) is 5.36. The molecule has 1 aromatic carbocycles. The van der Waals surface area contributed by atoms with Crippen LogP contribution in [-0.2, 0) is 4.84 Å². The maximum atomic E-state index is 15.1. The first-order chi connectivity index (χ1) is 17.4. The number of halogens is 1. The Morgan fingerprint density at radius 2 is 1.78 bits per heavy atom. The molecule has 5 rings (SSSR count). The second-order valence-electron chi connectivity index (χ2n) is 9.87. The lowest BCUT2D eigenvalue weighted by atomic mass is 9.91. The third-order valence-corrected chi connectivity index (χ3v) is 8.45. The van der Waals surface area contributed by atoms with E-state index in [1.165, 1.54) is 17.9 Å². The van der Waals surface area contributed by atoms with Crippen molar-refractivity contribution < 1.29 is 14.0 Å². The lowest BCUT2D eigenvalue weighted by Gasteiger charge is -2.36. The number of primary amides is 1. The summed E-state index contributed by atoms with van der Waals surface area (Å²) in [5.41, 5.74) is 6.66. The molecule has 3 heterocycles. The minimum Gasteiger partial charge on any atom is -0.365 e. The summed E-state index contributed by atoms with van der Waals surface area (Å²) in [6, 6.07) is 10.5. The van der Waals surface area contributed by atoms with Gasteiger partial charge in [-0.3, -0.25) is 9.63 Å². The number of carbonyl (C=O) groups excluding carboxylic acids is 1. The van der Waals surface area contributed by atoms with Gasteiger partial charge in [-0.2, -0.15) is 19.4 Å². The number of aromatic nitrogens is 2. The summed E-state index contributed by atoms with van der Waals surface area (Å²) >= 11 is 1.08. The number of nitrogens with two attached hydrogens (primary N) is 1. The van der Waals surface area contributed by atoms with Gasteiger partial charge in [-0.05, 0) is 83.3 Å². The van der Waals surface area contributed by atoms with E-state index in [1.54, 1.807) is 6.92 Å². The second-order valence-corrected chi connectivity index (χ2v) is 10.9. The van der Waals surface area contributed by atoms with Crippen molar-refractivity contribution in [2.75, 3.05) is 25.2 Å². The standard InChI is InChI=1S/C26H33FN6O2S/c1-16-21-23(27)30-26(31-25(21)36-22(16)24(28)34)33(19-6-4-3-5-7-19)35-20-10-8-17(9-11-20)29-18-12-14-32(2)15-13-18/h3-7,17-18,20,29H,8-15H2,1-2H3,(H2,28,34)/t17-,20-. The molecule has 8 nitrogen and oxygen atoms in total. The molecule has 192 valence electrons. The van der Waals surface area contributed by atoms with Crippen LogP contribution in [0.4, 0.5) is 16.0 Å². The van der Waals surface area contributed by atoms with Crippen molar-refractivity contribution in [1.29, 1.82) is 0 Å². The molecule has 0 spiro atoms. The molecule has 1 saturated carbocycles. The van der Waals surface area contributed by atoms with Gasteiger partial charge >= 0.3 is 0 Å². The number of nitrogens with one attached hydrogen (secondary N) is 1. The fourth-order valence-electron chi connectivity index (χ4n) is 5.18. The van der Waals surface area contributed by atoms with Gasteiger partial charge in [0.05, 0.1) is 22.1 Å². The van der Waals surface area contributed by atoms with E-state index >= 15 is 4.39 Å². The number of rotatable bonds is 7. The zero-order valence-electron chi connectivity index (χ0n) is 20.7. The average Bonchev–Trinajstić information content (AvgIpc) is 3.22. The predicted molar refractivity (Wildman–Crippen MR) is 140 cm³/mol. The van der Waals surface area contributed by atoms with E-state index in [-0.39, 0.29) is 22.3 Å². The molecule has 2 aliphatic rings. The summed E-state index contributed by atoms with van der Waals surface area (Å²) in [5.74, 6) is -1.18. The number of hydrogen-bond donors (Lipinski definition) is 2. The zero-order chi connectivity index (χ0) is 25.2. The number of likely N-dealkylation sites (tertiary alicyclic amines) is 1. The van der Waals surface area contributed by atoms with Crippen LogP contribution in [0.1, 0.15) is 53.8 Å². The second kappa shape index (κ2) is 10.8. The van der Waals surface area contributed by atoms with Crippen molar-refractivity contribution in [3.8, 4) is 0 Å². The van der Waals surface area contributed by atoms with Crippen LogP contribution in [0.2, 0.25) is 0 Å². The van der Waals surface area contributed by atoms with Crippen LogP contribution < -0.4 is 16.1 Å². The molecule has 2 aromatic heterocycles. The molecule has 0 unspecified atom stereocenters. The highest BCUT2D eigenvalue weighted by molar-refractivity contribution is 7.20. The molecule has 0 atom stereocenters. The molecule has 3 aromatic rings. The summed E-state index contributed by atoms with van der Waals surface area (Å²) in [6.45, 7) is 3.95. The molecule has 1 aliphatic carbocycles. The van der Waals surface area contributed by atoms with Gasteiger partial charge in [0, 0.05) is 12.1 Å². The van der Waals surface area contributed by atoms with Gasteiger partial charge in [-0.25, -0.2) is 0 Å². The largest absolute Gasteiger partial charge is 0.365 e. The third-order valence-electron chi connectivity index (χ3n) is 7.25. The van der Waals surface area contributed by atoms with Gasteiger partial charge in [-0.1, -0.05) is 18.2 Å². The highest BCUT2D eigenvalue weighted by atomic mass is 32.1. The Labute approximate surface area is 214 Å². The summed E-state index contributed by atoms with van der Waals surface area (Å²) in [7, 11) is 2.18. The molecule has 0 bridgehead atoms. The van der Waals surface area contributed by atoms with E-state index in [2.05, 4.69) is 27.2 Å². The fourth-order valence-corrected chi connectivity index (χ4v) is 6.20. The number of fused-ring (bicyclic) bond motifs is 1. The van der Waals surface area contributed by atoms with Crippen molar-refractivity contribution in [1.82, 2.24) is 20.2 Å². The number of nitrogens with zero attached hydrogens (tertiary/aromatic N) is 4. The average molecular weight is 513 g/mol. The number of amides is 1. The molecule has 3 N–H and O–H groups in total. The number of thiophene rings is 1. The molecule has 0 radical (unpaired) electrons. The highest BCUT2D eigenvalue weighted by Crippen LogP contribution is 2.34. The van der Waals surface area contributed by atoms with Crippen LogP contribution in [0.25, 0.3) is 10.2 Å². The molecule has 10 heteroatoms. The quantitative estimate of drug-likeness (QED) is 0.360. The van der Waals surface area contributed by atoms with E-state index < -0.39 is 11.9 Å². The number of benzene rings is 1. The number of hydrogen-bond acceptors (Lipinski definition) is 8. The van der Waals surface area contributed by atoms with Crippen LogP contribution >= 0.6 is 11.3 Å². The van der Waals surface area contributed by atoms with Crippen LogP contribution in [0.15, 0.2) is 30.3 Å². The number of carbonyl (C=O) groups is 1. The topological polar surface area (TPSA) is 96.6 Å². The molecular formula is C26H33FN6O2S. The normalized spacial score (nSPS) is 21.6. The lowest BCUT2D eigenvalue weighted by molar-refractivity contribution is 0.0186. The Bertz CT molecular complexity index is 1210. The molecule has 1 saturated heterocycles. The van der Waals surface area contributed by atoms with Gasteiger partial charge < -0.3 is 16.0 Å². The lowest BCUT2D eigenvalue weighted by Crippen LogP contribution is -2.47. The fraction of sp³-hybridized carbons (Fsp3) is 0.500. The Balaban J connectivity index is 1.33. The summed E-state index contributed by atoms with van der Waals surface area (Å²) in [5, 5.41) is 5.61. The van der Waals surface area contributed by atoms with E-state index in [9.17, 15) is 4.79 Å². The highest BCUT2D eigenvalue weighted by Gasteiger charge is 2.29. The Hall–Kier alpha value is -2.66. The first-order valence-corrected chi connectivity index (χ1v) is 13.4. The van der Waals surface area contributed by atoms with Crippen molar-refractivity contribution in [2.24, 2.45) is 5.73 Å². The minimum atomic E-state index is -0.688. The maximum Gasteiger partial charge on any atom is 0.259 e. The van der Waals surface area contributed by atoms with Crippen molar-refractivity contribution >= 4 is 39.1 Å². The molecule has 36 heavy (non-hydrogen) atoms. The van der Waals surface area contributed by atoms with Gasteiger partial charge in [0.1, 0.15) is 4.83 Å². The van der Waals surface area contributed by atoms with Crippen molar-refractivity contribution in [2.45, 2.75) is 63.6 Å². The SMILES string of the molecule is Cc1c(C(N)=O)sc2nc(N(O[C@H]3CC[C@H](NC4CCN(C)CC4)CC3)c3ccccc3)nc(F)c12. The van der Waals surface area contributed by atoms with Crippen LogP contribution in [-0.4, -0.2) is 59.1 Å². The summed E-state index contributed by atoms with van der Waals surface area (Å²) in [6.07, 6.45) is 6.19. The predicted octanol–water partition coefficient (Wildman–Crippen LogP) is 4.30. The first-order valence-electron chi connectivity index (χ1n) is 12.6. The van der Waals surface area contributed by atoms with Crippen LogP contribution in [0.3, 0.4) is 0 Å². The molecular weight excluding hydrogens is 479 g/mol. The van der Waals surface area contributed by atoms with E-state index in [0.717, 1.165) is 50.1 Å². The first kappa shape index (κ1) is 25.0. The minimum absolute atomic E-state index is 0.0330. The Kier molecular flexibility index (Phi) is 7.47. The van der Waals surface area contributed by atoms with Crippen LogP contribution in [0.5, 0.6) is 0 Å². The summed E-state index contributed by atoms with van der Waals surface area (Å²) in [4.78, 5) is 30.0. The molecule has 1 amide bonds. The van der Waals surface area contributed by atoms with Gasteiger partial charge in [0.15, 0.2) is 0 Å². The number of para-hydroxylation sites is 1. The Morgan fingerprint density at radius 3 is 2.44 bits per heavy atom. The summed E-state index contributed by atoms with van der Waals surface area (Å²) < 4.78 is 15.1. The van der Waals surface area contributed by atoms with E-state index in [1.807, 2.05) is 30.3 Å². The van der Waals surface area contributed by atoms with Crippen molar-refractivity contribution in [3.05, 3.63) is 46.7 Å². The van der Waals surface area contributed by atoms with Crippen LogP contribution in [0, 0.1) is 12.9 Å². The molecule has 1 aliphatic heterocycles. The monoisotopic (exact) mass is 512 g/mol. The smallest absolute Gasteiger partial charge is 0.259 e. The van der Waals surface area contributed by atoms with E-state index in [4.69, 9.17) is 10.6 Å². The van der Waals surface area contributed by atoms with Gasteiger partial charge in [-0.15, -0.1) is 11.3 Å². The maximum absolute atomic E-state index is 15.1. The number of anilines is 2. The number of aryl methyl sites for hydroxylation is 1. The van der Waals surface area contributed by atoms with Gasteiger partial charge in [0.2, 0.25) is 5.95 Å². The Morgan fingerprint density at radius 1 is 1.11 bits per heavy atom. The number of piperidine rings is 1.